The van der Waals surface area contributed by atoms with Crippen LogP contribution in [-0.2, 0) is 0 Å². The van der Waals surface area contributed by atoms with Gasteiger partial charge in [-0.05, 0) is 0 Å². The molecule has 0 amide bonds. The molecule has 10 heavy (non-hydrogen) atoms. The molecule has 0 atom stereocenters. The SMILES string of the molecule is O=c1c[n+](NCCO)[nH]o1. The minimum Gasteiger partial charge on any atom is -0.394 e. The zero-order valence-electron chi connectivity index (χ0n) is 5.20. The van der Waals surface area contributed by atoms with Crippen molar-refractivity contribution in [2.24, 2.45) is 0 Å². The highest BCUT2D eigenvalue weighted by Crippen LogP contribution is 1.55. The quantitative estimate of drug-likeness (QED) is 0.422. The van der Waals surface area contributed by atoms with Gasteiger partial charge in [-0.15, -0.1) is 0 Å². The lowest BCUT2D eigenvalue weighted by molar-refractivity contribution is -0.719. The first kappa shape index (κ1) is 6.81. The van der Waals surface area contributed by atoms with Gasteiger partial charge in [-0.3, -0.25) is 4.52 Å². The maximum Gasteiger partial charge on any atom is 0.430 e. The molecule has 0 aromatic carbocycles. The second-order valence-electron chi connectivity index (χ2n) is 1.64. The van der Waals surface area contributed by atoms with Crippen LogP contribution in [0.5, 0.6) is 0 Å². The Morgan fingerprint density at radius 2 is 2.70 bits per heavy atom. The normalized spacial score (nSPS) is 9.70. The van der Waals surface area contributed by atoms with E-state index in [1.165, 1.54) is 11.0 Å². The van der Waals surface area contributed by atoms with E-state index < -0.39 is 5.63 Å². The maximum atomic E-state index is 10.3. The number of H-pyrrole nitrogens is 1. The molecule has 0 radical (unpaired) electrons. The van der Waals surface area contributed by atoms with E-state index in [1.54, 1.807) is 0 Å². The summed E-state index contributed by atoms with van der Waals surface area (Å²) in [4.78, 5) is 11.6. The van der Waals surface area contributed by atoms with Crippen LogP contribution in [-0.4, -0.2) is 23.5 Å². The molecule has 1 aromatic heterocycles. The topological polar surface area (TPSA) is 82.1 Å². The van der Waals surface area contributed by atoms with Crippen LogP contribution in [0.4, 0.5) is 0 Å². The fraction of sp³-hybridized carbons (Fsp3) is 0.500. The largest absolute Gasteiger partial charge is 0.430 e. The zero-order chi connectivity index (χ0) is 7.40. The molecule has 6 nitrogen and oxygen atoms in total. The van der Waals surface area contributed by atoms with Crippen LogP contribution in [0.2, 0.25) is 0 Å². The van der Waals surface area contributed by atoms with Gasteiger partial charge < -0.3 is 5.11 Å². The summed E-state index contributed by atoms with van der Waals surface area (Å²) in [7, 11) is 0. The Morgan fingerprint density at radius 1 is 1.90 bits per heavy atom. The molecule has 1 rings (SSSR count). The molecule has 6 heteroatoms. The maximum absolute atomic E-state index is 10.3. The summed E-state index contributed by atoms with van der Waals surface area (Å²) in [5.41, 5.74) is 2.17. The number of rotatable bonds is 3. The van der Waals surface area contributed by atoms with Crippen molar-refractivity contribution in [1.82, 2.24) is 5.27 Å². The number of nitrogens with zero attached hydrogens (tertiary/aromatic N) is 1. The molecule has 1 aromatic rings. The minimum absolute atomic E-state index is 0.000209. The second-order valence-corrected chi connectivity index (χ2v) is 1.64. The van der Waals surface area contributed by atoms with Gasteiger partial charge in [0.15, 0.2) is 0 Å². The van der Waals surface area contributed by atoms with Gasteiger partial charge in [-0.25, -0.2) is 4.79 Å². The van der Waals surface area contributed by atoms with E-state index in [0.29, 0.717) is 6.54 Å². The van der Waals surface area contributed by atoms with Gasteiger partial charge in [0, 0.05) is 10.1 Å². The molecule has 0 fully saturated rings. The van der Waals surface area contributed by atoms with Crippen LogP contribution >= 0.6 is 0 Å². The van der Waals surface area contributed by atoms with Gasteiger partial charge in [-0.1, -0.05) is 0 Å². The van der Waals surface area contributed by atoms with Gasteiger partial charge in [0.25, 0.3) is 0 Å². The standard InChI is InChI=1S/C4H7N3O3/c8-2-1-5-7-3-4(9)10-6-7/h3,8H,1-2H2,(H-,5,6,9)/p+1. The summed E-state index contributed by atoms with van der Waals surface area (Å²) in [5, 5.41) is 10.6. The highest BCUT2D eigenvalue weighted by Gasteiger charge is 2.01. The van der Waals surface area contributed by atoms with Crippen LogP contribution in [0, 0.1) is 0 Å². The molecule has 0 aliphatic rings. The Labute approximate surface area is 56.0 Å². The summed E-state index contributed by atoms with van der Waals surface area (Å²) in [6.45, 7) is 0.361. The molecule has 0 saturated carbocycles. The highest BCUT2D eigenvalue weighted by atomic mass is 16.5. The number of hydrogen-bond donors (Lipinski definition) is 3. The van der Waals surface area contributed by atoms with Gasteiger partial charge >= 0.3 is 11.8 Å². The third-order valence-electron chi connectivity index (χ3n) is 0.873. The minimum atomic E-state index is -0.467. The molecule has 1 heterocycles. The highest BCUT2D eigenvalue weighted by molar-refractivity contribution is 4.51. The Balaban J connectivity index is 2.50. The van der Waals surface area contributed by atoms with Crippen LogP contribution in [0.15, 0.2) is 15.5 Å². The third kappa shape index (κ3) is 1.59. The van der Waals surface area contributed by atoms with E-state index in [-0.39, 0.29) is 6.61 Å². The van der Waals surface area contributed by atoms with Crippen molar-refractivity contribution in [3.05, 3.63) is 16.6 Å². The van der Waals surface area contributed by atoms with Gasteiger partial charge in [-0.2, -0.15) is 5.43 Å². The van der Waals surface area contributed by atoms with E-state index in [1.807, 2.05) is 0 Å². The summed E-state index contributed by atoms with van der Waals surface area (Å²) < 4.78 is 4.30. The van der Waals surface area contributed by atoms with Crippen molar-refractivity contribution < 1.29 is 14.4 Å². The van der Waals surface area contributed by atoms with E-state index >= 15 is 0 Å². The van der Waals surface area contributed by atoms with E-state index in [9.17, 15) is 4.79 Å². The average molecular weight is 146 g/mol. The number of aliphatic hydroxyl groups is 1. The predicted molar refractivity (Wildman–Crippen MR) is 30.8 cm³/mol. The Morgan fingerprint density at radius 3 is 3.20 bits per heavy atom. The zero-order valence-corrected chi connectivity index (χ0v) is 5.20. The molecule has 0 saturated heterocycles. The smallest absolute Gasteiger partial charge is 0.394 e. The summed E-state index contributed by atoms with van der Waals surface area (Å²) in [6.07, 6.45) is 1.19. The number of hydrogen-bond acceptors (Lipinski definition) is 4. The molecule has 0 unspecified atom stereocenters. The summed E-state index contributed by atoms with van der Waals surface area (Å²) in [5.74, 6) is 0. The Hall–Kier alpha value is -1.30. The monoisotopic (exact) mass is 146 g/mol. The van der Waals surface area contributed by atoms with Crippen molar-refractivity contribution >= 4 is 0 Å². The van der Waals surface area contributed by atoms with E-state index in [2.05, 4.69) is 15.2 Å². The third-order valence-corrected chi connectivity index (χ3v) is 0.873. The first-order valence-electron chi connectivity index (χ1n) is 2.78. The van der Waals surface area contributed by atoms with Crippen molar-refractivity contribution in [3.8, 4) is 0 Å². The summed E-state index contributed by atoms with van der Waals surface area (Å²) >= 11 is 0. The molecule has 3 N–H and O–H groups in total. The van der Waals surface area contributed by atoms with E-state index in [4.69, 9.17) is 5.11 Å². The number of aliphatic hydroxyl groups excluding tert-OH is 1. The van der Waals surface area contributed by atoms with Crippen molar-refractivity contribution in [3.63, 3.8) is 0 Å². The molecule has 0 bridgehead atoms. The predicted octanol–water partition coefficient (Wildman–Crippen LogP) is -2.21. The lowest BCUT2D eigenvalue weighted by atomic mass is 10.7. The Bertz CT molecular complexity index is 240. The second kappa shape index (κ2) is 3.02. The van der Waals surface area contributed by atoms with Crippen molar-refractivity contribution in [2.45, 2.75) is 0 Å². The van der Waals surface area contributed by atoms with Crippen LogP contribution in [0.25, 0.3) is 0 Å². The first-order valence-corrected chi connectivity index (χ1v) is 2.78. The molecular weight excluding hydrogens is 138 g/mol. The number of nitrogens with one attached hydrogen (secondary N) is 2. The van der Waals surface area contributed by atoms with Crippen LogP contribution in [0.3, 0.4) is 0 Å². The van der Waals surface area contributed by atoms with Gasteiger partial charge in [0.1, 0.15) is 0 Å². The van der Waals surface area contributed by atoms with E-state index in [0.717, 1.165) is 0 Å². The fourth-order valence-corrected chi connectivity index (χ4v) is 0.501. The average Bonchev–Trinajstić information content (AvgIpc) is 2.31. The van der Waals surface area contributed by atoms with Gasteiger partial charge in [0.2, 0.25) is 0 Å². The molecular formula is C4H8N3O3+. The molecule has 0 aliphatic heterocycles. The summed E-state index contributed by atoms with van der Waals surface area (Å²) in [6, 6.07) is 0. The van der Waals surface area contributed by atoms with Crippen LogP contribution < -0.4 is 15.8 Å². The lowest BCUT2D eigenvalue weighted by Gasteiger charge is -1.88. The number of aromatic amines is 1. The Kier molecular flexibility index (Phi) is 2.06. The molecule has 0 aliphatic carbocycles. The molecule has 0 spiro atoms. The molecule has 56 valence electrons. The van der Waals surface area contributed by atoms with Crippen LogP contribution in [0.1, 0.15) is 0 Å². The van der Waals surface area contributed by atoms with Crippen molar-refractivity contribution in [2.75, 3.05) is 18.6 Å². The van der Waals surface area contributed by atoms with Crippen molar-refractivity contribution in [1.29, 1.82) is 0 Å². The lowest BCUT2D eigenvalue weighted by Crippen LogP contribution is -2.47. The van der Waals surface area contributed by atoms with Gasteiger partial charge in [0.05, 0.1) is 13.2 Å². The fourth-order valence-electron chi connectivity index (χ4n) is 0.501. The number of aromatic nitrogens is 2. The first-order chi connectivity index (χ1) is 4.83.